The van der Waals surface area contributed by atoms with Crippen LogP contribution in [0.25, 0.3) is 0 Å². The van der Waals surface area contributed by atoms with Gasteiger partial charge < -0.3 is 75.4 Å². The van der Waals surface area contributed by atoms with Crippen molar-refractivity contribution < 1.29 is 73.9 Å². The van der Waals surface area contributed by atoms with E-state index < -0.39 is 67.1 Å². The summed E-state index contributed by atoms with van der Waals surface area (Å²) in [5, 5.41) is 76.7. The molecule has 1 aliphatic carbocycles. The molecule has 4 aliphatic rings. The number of quaternary nitrogens is 1. The standard InChI is InChI=1S/C35H53N5O14/c1-3-22-23(10-9-20-15-40(12-14-42)16-24(30(45)46)27(20)39-34(36)38-11-6-13-41)25(31(47)52-21-7-4-5-8-21)18-50-32(22)54-33-29(51-19-37-2)35(48,49)28(44)26(17-43)53-33/h3,9-10,16,18,21-23,26,28-29,32-33,37,41-44,48-49H,1,4-8,11-15,17,19H2,2H3,(H,45,46)(H3,36,38,39)/p+1. The van der Waals surface area contributed by atoms with E-state index in [0.29, 0.717) is 29.7 Å². The molecule has 0 bridgehead atoms. The van der Waals surface area contributed by atoms with Crippen LogP contribution in [0, 0.1) is 11.8 Å². The minimum absolute atomic E-state index is 0.0855. The molecule has 3 heterocycles. The first kappa shape index (κ1) is 43.0. The number of hydrogen-bond acceptors (Lipinski definition) is 15. The molecule has 54 heavy (non-hydrogen) atoms. The van der Waals surface area contributed by atoms with Crippen LogP contribution in [0.5, 0.6) is 0 Å². The van der Waals surface area contributed by atoms with Gasteiger partial charge in [0.2, 0.25) is 12.1 Å². The van der Waals surface area contributed by atoms with Crippen molar-refractivity contribution >= 4 is 17.9 Å². The van der Waals surface area contributed by atoms with Crippen LogP contribution in [0.1, 0.15) is 32.1 Å². The number of nitrogens with one attached hydrogen (secondary N) is 3. The molecule has 0 spiro atoms. The number of carbonyl (C=O) groups excluding carboxylic acids is 1. The average Bonchev–Trinajstić information content (AvgIpc) is 3.65. The van der Waals surface area contributed by atoms with Gasteiger partial charge in [-0.2, -0.15) is 0 Å². The van der Waals surface area contributed by atoms with Crippen LogP contribution in [0.15, 0.2) is 64.7 Å². The van der Waals surface area contributed by atoms with Gasteiger partial charge in [-0.05, 0) is 39.2 Å². The summed E-state index contributed by atoms with van der Waals surface area (Å²) >= 11 is 0. The van der Waals surface area contributed by atoms with Crippen molar-refractivity contribution in [1.82, 2.24) is 10.6 Å². The number of guanidine groups is 1. The van der Waals surface area contributed by atoms with Crippen LogP contribution < -0.4 is 21.3 Å². The van der Waals surface area contributed by atoms with E-state index in [9.17, 15) is 40.2 Å². The predicted octanol–water partition coefficient (Wildman–Crippen LogP) is -3.58. The molecule has 1 saturated heterocycles. The fraction of sp³-hybridized carbons (Fsp3) is 0.629. The van der Waals surface area contributed by atoms with Gasteiger partial charge in [0.15, 0.2) is 18.4 Å². The third kappa shape index (κ3) is 10.5. The topological polar surface area (TPSA) is 289 Å². The van der Waals surface area contributed by atoms with E-state index in [1.165, 1.54) is 25.6 Å². The molecule has 1 saturated carbocycles. The fourth-order valence-electron chi connectivity index (χ4n) is 6.68. The number of ether oxygens (including phenoxy) is 5. The Kier molecular flexibility index (Phi) is 16.1. The number of hydrogen-bond donors (Lipinski definition) is 11. The monoisotopic (exact) mass is 768 g/mol. The lowest BCUT2D eigenvalue weighted by Crippen LogP contribution is -3.09. The second-order valence-corrected chi connectivity index (χ2v) is 13.3. The van der Waals surface area contributed by atoms with E-state index in [1.807, 2.05) is 0 Å². The van der Waals surface area contributed by atoms with Gasteiger partial charge in [-0.1, -0.05) is 18.2 Å². The Morgan fingerprint density at radius 1 is 1.19 bits per heavy atom. The average molecular weight is 769 g/mol. The lowest BCUT2D eigenvalue weighted by Gasteiger charge is -2.47. The van der Waals surface area contributed by atoms with Crippen LogP contribution >= 0.6 is 0 Å². The SMILES string of the molecule is C=CC1C(OC2OC(CO)C(O)C(O)(O)C2OCNC)OC=C(C(=O)OC2CCCC2)C1C=CC1=C(NC(N)=NCCCO)C(C(=O)O)=C[NH+](CCO)C1. The first-order valence-electron chi connectivity index (χ1n) is 17.9. The van der Waals surface area contributed by atoms with E-state index >= 15 is 0 Å². The maximum Gasteiger partial charge on any atom is 0.343 e. The third-order valence-corrected chi connectivity index (χ3v) is 9.49. The van der Waals surface area contributed by atoms with Gasteiger partial charge in [-0.3, -0.25) is 10.3 Å². The number of carbonyl (C=O) groups is 2. The highest BCUT2D eigenvalue weighted by Gasteiger charge is 2.57. The van der Waals surface area contributed by atoms with Gasteiger partial charge in [0.25, 0.3) is 0 Å². The molecule has 8 atom stereocenters. The van der Waals surface area contributed by atoms with Crippen molar-refractivity contribution in [2.75, 3.05) is 53.2 Å². The summed E-state index contributed by atoms with van der Waals surface area (Å²) in [6.45, 7) is 3.13. The van der Waals surface area contributed by atoms with Crippen molar-refractivity contribution in [3.8, 4) is 0 Å². The third-order valence-electron chi connectivity index (χ3n) is 9.49. The number of nitrogens with two attached hydrogens (primary N) is 1. The van der Waals surface area contributed by atoms with E-state index in [4.69, 9.17) is 34.5 Å². The number of allylic oxidation sites excluding steroid dienone is 1. The van der Waals surface area contributed by atoms with E-state index in [-0.39, 0.29) is 68.5 Å². The number of aliphatic imine (C=N–C) groups is 1. The molecule has 19 nitrogen and oxygen atoms in total. The van der Waals surface area contributed by atoms with Gasteiger partial charge in [-0.15, -0.1) is 6.58 Å². The van der Waals surface area contributed by atoms with Gasteiger partial charge >= 0.3 is 11.9 Å². The van der Waals surface area contributed by atoms with E-state index in [1.54, 1.807) is 12.2 Å². The number of aliphatic hydroxyl groups is 6. The summed E-state index contributed by atoms with van der Waals surface area (Å²) in [5.41, 5.74) is 6.59. The summed E-state index contributed by atoms with van der Waals surface area (Å²) in [4.78, 5) is 31.0. The van der Waals surface area contributed by atoms with Crippen LogP contribution in [-0.4, -0.2) is 150 Å². The van der Waals surface area contributed by atoms with Gasteiger partial charge in [-0.25, -0.2) is 9.59 Å². The van der Waals surface area contributed by atoms with Crippen LogP contribution in [0.4, 0.5) is 0 Å². The smallest absolute Gasteiger partial charge is 0.343 e. The summed E-state index contributed by atoms with van der Waals surface area (Å²) in [6, 6.07) is 0. The molecule has 0 radical (unpaired) electrons. The quantitative estimate of drug-likeness (QED) is 0.0161. The van der Waals surface area contributed by atoms with Crippen molar-refractivity contribution in [3.63, 3.8) is 0 Å². The number of rotatable bonds is 18. The minimum Gasteiger partial charge on any atom is -0.477 e. The largest absolute Gasteiger partial charge is 0.477 e. The van der Waals surface area contributed by atoms with Crippen LogP contribution in [0.3, 0.4) is 0 Å². The van der Waals surface area contributed by atoms with Crippen molar-refractivity contribution in [3.05, 3.63) is 59.7 Å². The highest BCUT2D eigenvalue weighted by atomic mass is 16.8. The van der Waals surface area contributed by atoms with Gasteiger partial charge in [0, 0.05) is 24.6 Å². The molecule has 0 aromatic carbocycles. The van der Waals surface area contributed by atoms with Gasteiger partial charge in [0.1, 0.15) is 43.2 Å². The zero-order valence-corrected chi connectivity index (χ0v) is 30.2. The number of aliphatic carboxylic acids is 1. The molecule has 12 N–H and O–H groups in total. The molecule has 4 rings (SSSR count). The first-order valence-corrected chi connectivity index (χ1v) is 17.9. The van der Waals surface area contributed by atoms with Gasteiger partial charge in [0.05, 0.1) is 43.4 Å². The predicted molar refractivity (Wildman–Crippen MR) is 188 cm³/mol. The Bertz CT molecular complexity index is 1460. The maximum atomic E-state index is 13.7. The molecular weight excluding hydrogens is 714 g/mol. The summed E-state index contributed by atoms with van der Waals surface area (Å²) in [5.74, 6) is -6.76. The highest BCUT2D eigenvalue weighted by molar-refractivity contribution is 5.94. The minimum atomic E-state index is -2.94. The molecule has 302 valence electrons. The second-order valence-electron chi connectivity index (χ2n) is 13.3. The Balaban J connectivity index is 1.76. The Morgan fingerprint density at radius 2 is 1.93 bits per heavy atom. The van der Waals surface area contributed by atoms with E-state index in [2.05, 4.69) is 22.2 Å². The number of esters is 1. The Hall–Kier alpha value is -3.73. The lowest BCUT2D eigenvalue weighted by atomic mass is 9.83. The lowest BCUT2D eigenvalue weighted by molar-refractivity contribution is -0.843. The Labute approximate surface area is 312 Å². The fourth-order valence-corrected chi connectivity index (χ4v) is 6.68. The number of aliphatic hydroxyl groups excluding tert-OH is 4. The second kappa shape index (κ2) is 20.3. The van der Waals surface area contributed by atoms with Crippen molar-refractivity contribution in [2.24, 2.45) is 22.6 Å². The number of nitrogens with zero attached hydrogens (tertiary/aromatic N) is 1. The maximum absolute atomic E-state index is 13.7. The zero-order valence-electron chi connectivity index (χ0n) is 30.2. The van der Waals surface area contributed by atoms with Crippen molar-refractivity contribution in [1.29, 1.82) is 0 Å². The summed E-state index contributed by atoms with van der Waals surface area (Å²) in [6.07, 6.45) is 2.42. The molecule has 0 amide bonds. The van der Waals surface area contributed by atoms with Crippen molar-refractivity contribution in [2.45, 2.75) is 74.9 Å². The molecular formula is C35H54N5O14+. The zero-order chi connectivity index (χ0) is 39.4. The molecule has 8 unspecified atom stereocenters. The normalized spacial score (nSPS) is 30.5. The van der Waals surface area contributed by atoms with E-state index in [0.717, 1.165) is 12.8 Å². The van der Waals surface area contributed by atoms with Crippen LogP contribution in [0.2, 0.25) is 0 Å². The highest BCUT2D eigenvalue weighted by Crippen LogP contribution is 2.39. The first-order chi connectivity index (χ1) is 25.9. The molecule has 3 aliphatic heterocycles. The molecule has 2 fully saturated rings. The molecule has 0 aromatic heterocycles. The summed E-state index contributed by atoms with van der Waals surface area (Å²) in [7, 11) is 1.54. The molecule has 19 heteroatoms. The Morgan fingerprint density at radius 3 is 2.56 bits per heavy atom. The number of carboxylic acid groups (broad SMARTS) is 1. The molecule has 0 aromatic rings. The van der Waals surface area contributed by atoms with Crippen LogP contribution in [-0.2, 0) is 33.3 Å². The number of carboxylic acids is 1. The summed E-state index contributed by atoms with van der Waals surface area (Å²) < 4.78 is 29.1.